The van der Waals surface area contributed by atoms with E-state index in [2.05, 4.69) is 39.9 Å². The van der Waals surface area contributed by atoms with Crippen LogP contribution in [0.2, 0.25) is 0 Å². The number of nitrogens with zero attached hydrogens (tertiary/aromatic N) is 4. The van der Waals surface area contributed by atoms with Crippen molar-refractivity contribution in [3.05, 3.63) is 118 Å². The minimum absolute atomic E-state index is 0.0211. The highest BCUT2D eigenvalue weighted by Crippen LogP contribution is 2.47. The van der Waals surface area contributed by atoms with Crippen LogP contribution in [-0.4, -0.2) is 71.5 Å². The first-order valence-corrected chi connectivity index (χ1v) is 14.9. The van der Waals surface area contributed by atoms with Gasteiger partial charge in [-0.15, -0.1) is 11.5 Å². The van der Waals surface area contributed by atoms with Crippen LogP contribution in [0.1, 0.15) is 43.1 Å². The van der Waals surface area contributed by atoms with Crippen molar-refractivity contribution in [1.29, 1.82) is 0 Å². The van der Waals surface area contributed by atoms with Crippen molar-refractivity contribution >= 4 is 17.5 Å². The number of benzene rings is 1. The molecule has 8 atom stereocenters. The minimum atomic E-state index is -2.46. The maximum absolute atomic E-state index is 15.7. The van der Waals surface area contributed by atoms with E-state index in [0.29, 0.717) is 12.0 Å². The molecular weight excluding hydrogens is 630 g/mol. The largest absolute Gasteiger partial charge is 0.394 e. The number of carbonyl (C=O) groups is 1. The van der Waals surface area contributed by atoms with Crippen LogP contribution in [0.3, 0.4) is 0 Å². The Kier molecular flexibility index (Phi) is 11.1. The van der Waals surface area contributed by atoms with Crippen molar-refractivity contribution in [2.24, 2.45) is 5.92 Å². The molecule has 2 aliphatic rings. The molecule has 5 N–H and O–H groups in total. The fraction of sp³-hybridized carbons (Fsp3) is 0.364. The van der Waals surface area contributed by atoms with E-state index in [1.807, 2.05) is 6.92 Å². The maximum Gasteiger partial charge on any atom is 0.351 e. The van der Waals surface area contributed by atoms with Gasteiger partial charge in [0.1, 0.15) is 23.8 Å². The highest BCUT2D eigenvalue weighted by atomic mass is 19.1. The van der Waals surface area contributed by atoms with Gasteiger partial charge in [0.15, 0.2) is 18.1 Å². The van der Waals surface area contributed by atoms with Crippen molar-refractivity contribution in [3.8, 4) is 0 Å². The zero-order chi connectivity index (χ0) is 35.2. The number of hydrogen-bond donors (Lipinski definition) is 4. The Morgan fingerprint density at radius 2 is 1.56 bits per heavy atom. The molecule has 4 heterocycles. The lowest BCUT2D eigenvalue weighted by Crippen LogP contribution is -2.43. The summed E-state index contributed by atoms with van der Waals surface area (Å²) in [6.07, 6.45) is -0.647. The number of aliphatic hydroxyl groups is 2. The third-order valence-corrected chi connectivity index (χ3v) is 8.12. The first-order valence-electron chi connectivity index (χ1n) is 14.9. The fourth-order valence-corrected chi connectivity index (χ4v) is 5.54. The number of rotatable bonds is 8. The molecule has 5 rings (SSSR count). The molecule has 15 heteroatoms. The Morgan fingerprint density at radius 1 is 1.00 bits per heavy atom. The van der Waals surface area contributed by atoms with Crippen LogP contribution in [0.15, 0.2) is 101 Å². The molecule has 0 spiro atoms. The standard InChI is InChI=1S/C21H22FN3O3.C12H14FN3O4/c1-4-12-21(22)14(3)16(5-2)28-19(21)25-13-11-17(24-20(25)27)23-18(26)15-9-7-6-8-10-15;1-2-4-12(13)9(18)7(6-17)20-10(12)16-5-3-8(14)15-11(16)19/h6-14,16,19H,1,5H2,2-3H3,(H,23,24,26,27);3-5,7,9-10,17-18H,1,6H2,(H2,14,15,19)/t14-,16+,19+,21?;7-,9+,10-,12?/m01/s1. The van der Waals surface area contributed by atoms with Crippen LogP contribution in [0.4, 0.5) is 20.4 Å². The van der Waals surface area contributed by atoms with Gasteiger partial charge < -0.3 is 30.7 Å². The molecule has 0 radical (unpaired) electrons. The van der Waals surface area contributed by atoms with Gasteiger partial charge in [0.25, 0.3) is 5.91 Å². The summed E-state index contributed by atoms with van der Waals surface area (Å²) in [5.74, 6) is -0.818. The highest BCUT2D eigenvalue weighted by Gasteiger charge is 2.57. The van der Waals surface area contributed by atoms with E-state index < -0.39 is 65.8 Å². The molecule has 0 aliphatic carbocycles. The van der Waals surface area contributed by atoms with Crippen LogP contribution in [0.25, 0.3) is 0 Å². The van der Waals surface area contributed by atoms with E-state index in [9.17, 15) is 23.9 Å². The van der Waals surface area contributed by atoms with Crippen molar-refractivity contribution in [2.75, 3.05) is 17.7 Å². The van der Waals surface area contributed by atoms with Gasteiger partial charge >= 0.3 is 11.4 Å². The fourth-order valence-electron chi connectivity index (χ4n) is 5.54. The molecule has 48 heavy (non-hydrogen) atoms. The van der Waals surface area contributed by atoms with Gasteiger partial charge in [-0.05, 0) is 36.8 Å². The summed E-state index contributed by atoms with van der Waals surface area (Å²) in [7, 11) is 0. The minimum Gasteiger partial charge on any atom is -0.394 e. The highest BCUT2D eigenvalue weighted by molar-refractivity contribution is 6.03. The SMILES string of the molecule is C=C=CC1(F)[C@@H](C)[C@@H](CC)O[C@H]1n1ccc(NC(=O)c2ccccc2)nc1=O.C=C=CC1(F)[C@@H](O)[C@@H](CO)O[C@H]1n1ccc(N)nc1=O. The van der Waals surface area contributed by atoms with Gasteiger partial charge in [-0.25, -0.2) is 18.4 Å². The smallest absolute Gasteiger partial charge is 0.351 e. The third kappa shape index (κ3) is 6.97. The van der Waals surface area contributed by atoms with Gasteiger partial charge in [0.05, 0.1) is 12.7 Å². The van der Waals surface area contributed by atoms with E-state index in [4.69, 9.17) is 20.3 Å². The first kappa shape index (κ1) is 35.8. The number of aromatic nitrogens is 4. The molecule has 3 aromatic rings. The molecular formula is C33H36F2N6O7. The lowest BCUT2D eigenvalue weighted by molar-refractivity contribution is -0.0554. The van der Waals surface area contributed by atoms with Crippen molar-refractivity contribution in [3.63, 3.8) is 0 Å². The molecule has 0 bridgehead atoms. The summed E-state index contributed by atoms with van der Waals surface area (Å²) >= 11 is 0. The van der Waals surface area contributed by atoms with Gasteiger partial charge in [-0.3, -0.25) is 13.9 Å². The zero-order valence-corrected chi connectivity index (χ0v) is 26.2. The normalized spacial score (nSPS) is 29.1. The van der Waals surface area contributed by atoms with E-state index in [1.54, 1.807) is 37.3 Å². The van der Waals surface area contributed by atoms with Crippen LogP contribution in [0, 0.1) is 5.92 Å². The van der Waals surface area contributed by atoms with Crippen LogP contribution >= 0.6 is 0 Å². The summed E-state index contributed by atoms with van der Waals surface area (Å²) in [5.41, 5.74) is 4.53. The number of ether oxygens (including phenoxy) is 2. The zero-order valence-electron chi connectivity index (χ0n) is 26.2. The molecule has 2 unspecified atom stereocenters. The lowest BCUT2D eigenvalue weighted by Gasteiger charge is -2.26. The summed E-state index contributed by atoms with van der Waals surface area (Å²) in [4.78, 5) is 43.8. The van der Waals surface area contributed by atoms with Crippen molar-refractivity contribution < 1.29 is 33.3 Å². The first-order chi connectivity index (χ1) is 22.8. The van der Waals surface area contributed by atoms with Crippen LogP contribution < -0.4 is 22.4 Å². The van der Waals surface area contributed by atoms with Crippen LogP contribution in [-0.2, 0) is 9.47 Å². The Labute approximate surface area is 274 Å². The molecule has 1 amide bonds. The van der Waals surface area contributed by atoms with Gasteiger partial charge in [0, 0.05) is 30.0 Å². The van der Waals surface area contributed by atoms with E-state index in [1.165, 1.54) is 30.6 Å². The van der Waals surface area contributed by atoms with Crippen LogP contribution in [0.5, 0.6) is 0 Å². The predicted molar refractivity (Wildman–Crippen MR) is 171 cm³/mol. The summed E-state index contributed by atoms with van der Waals surface area (Å²) < 4.78 is 43.5. The van der Waals surface area contributed by atoms with E-state index >= 15 is 4.39 Å². The Balaban J connectivity index is 0.000000229. The second-order valence-electron chi connectivity index (χ2n) is 11.1. The average molecular weight is 667 g/mol. The number of hydrogen-bond acceptors (Lipinski definition) is 10. The number of nitrogens with two attached hydrogens (primary N) is 1. The number of halogens is 2. The van der Waals surface area contributed by atoms with Crippen molar-refractivity contribution in [1.82, 2.24) is 19.1 Å². The second-order valence-corrected chi connectivity index (χ2v) is 11.1. The van der Waals surface area contributed by atoms with Gasteiger partial charge in [-0.2, -0.15) is 9.97 Å². The topological polar surface area (TPSA) is 184 Å². The molecule has 1 aromatic carbocycles. The molecule has 2 saturated heterocycles. The quantitative estimate of drug-likeness (QED) is 0.261. The number of nitrogens with one attached hydrogen (secondary N) is 1. The van der Waals surface area contributed by atoms with E-state index in [0.717, 1.165) is 15.2 Å². The Bertz CT molecular complexity index is 1840. The summed E-state index contributed by atoms with van der Waals surface area (Å²) in [5, 5.41) is 21.6. The maximum atomic E-state index is 15.7. The second kappa shape index (κ2) is 14.8. The number of amides is 1. The molecule has 2 aliphatic heterocycles. The van der Waals surface area contributed by atoms with Gasteiger partial charge in [0.2, 0.25) is 5.67 Å². The number of carbonyl (C=O) groups excluding carboxylic acids is 1. The summed E-state index contributed by atoms with van der Waals surface area (Å²) in [6.45, 7) is 9.72. The predicted octanol–water partition coefficient (Wildman–Crippen LogP) is 2.61. The van der Waals surface area contributed by atoms with E-state index in [-0.39, 0.29) is 17.7 Å². The molecule has 2 aromatic heterocycles. The average Bonchev–Trinajstić information content (AvgIpc) is 3.46. The Morgan fingerprint density at radius 3 is 2.12 bits per heavy atom. The Hall–Kier alpha value is -5.01. The monoisotopic (exact) mass is 666 g/mol. The molecule has 2 fully saturated rings. The number of nitrogen functional groups attached to an aromatic ring is 1. The number of aliphatic hydroxyl groups excluding tert-OH is 2. The third-order valence-electron chi connectivity index (χ3n) is 8.12. The molecule has 13 nitrogen and oxygen atoms in total. The summed E-state index contributed by atoms with van der Waals surface area (Å²) in [6, 6.07) is 11.3. The van der Waals surface area contributed by atoms with Crippen molar-refractivity contribution in [2.45, 2.75) is 62.4 Å². The molecule has 254 valence electrons. The number of alkyl halides is 2. The molecule has 0 saturated carbocycles. The lowest BCUT2D eigenvalue weighted by atomic mass is 9.87. The number of anilines is 2. The van der Waals surface area contributed by atoms with Gasteiger partial charge in [-0.1, -0.05) is 45.2 Å².